The second kappa shape index (κ2) is 7.15. The average Bonchev–Trinajstić information content (AvgIpc) is 2.60. The Morgan fingerprint density at radius 1 is 1.29 bits per heavy atom. The maximum atomic E-state index is 3.65. The van der Waals surface area contributed by atoms with E-state index in [0.29, 0.717) is 11.5 Å². The van der Waals surface area contributed by atoms with Gasteiger partial charge in [0.05, 0.1) is 0 Å². The molecule has 2 nitrogen and oxygen atoms in total. The quantitative estimate of drug-likeness (QED) is 0.807. The molecule has 1 heterocycles. The number of hydrogen-bond acceptors (Lipinski definition) is 2. The number of anilines is 1. The van der Waals surface area contributed by atoms with E-state index in [0.717, 1.165) is 13.1 Å². The lowest BCUT2D eigenvalue weighted by atomic mass is 9.85. The number of hydrogen-bond donors (Lipinski definition) is 1. The van der Waals surface area contributed by atoms with Crippen LogP contribution in [0, 0.1) is 5.41 Å². The number of rotatable bonds is 4. The lowest BCUT2D eigenvalue weighted by Crippen LogP contribution is -2.28. The van der Waals surface area contributed by atoms with Gasteiger partial charge in [-0.1, -0.05) is 42.8 Å². The van der Waals surface area contributed by atoms with Crippen LogP contribution in [0.2, 0.25) is 0 Å². The minimum atomic E-state index is 0.398. The Bertz CT molecular complexity index is 470. The predicted octanol–water partition coefficient (Wildman–Crippen LogP) is 5.14. The maximum Gasteiger partial charge on any atom is 0.0425 e. The van der Waals surface area contributed by atoms with Gasteiger partial charge in [-0.25, -0.2) is 0 Å². The third-order valence-electron chi connectivity index (χ3n) is 4.65. The first kappa shape index (κ1) is 16.8. The number of nitrogens with one attached hydrogen (secondary N) is 1. The van der Waals surface area contributed by atoms with Crippen LogP contribution in [0.1, 0.15) is 58.6 Å². The first-order valence-electron chi connectivity index (χ1n) is 8.21. The standard InChI is InChI=1S/C18H29BrN2/c1-5-20-14(2)16-8-7-15(19)13-17(16)21-11-6-9-18(3,4)10-12-21/h7-8,13-14,20H,5-6,9-12H2,1-4H3. The third kappa shape index (κ3) is 4.46. The van der Waals surface area contributed by atoms with Gasteiger partial charge in [0.25, 0.3) is 0 Å². The molecule has 1 aliphatic rings. The van der Waals surface area contributed by atoms with E-state index in [1.54, 1.807) is 0 Å². The molecule has 0 radical (unpaired) electrons. The molecule has 0 amide bonds. The van der Waals surface area contributed by atoms with E-state index in [9.17, 15) is 0 Å². The smallest absolute Gasteiger partial charge is 0.0425 e. The van der Waals surface area contributed by atoms with Gasteiger partial charge in [0, 0.05) is 29.3 Å². The minimum Gasteiger partial charge on any atom is -0.371 e. The Kier molecular flexibility index (Phi) is 5.73. The molecule has 1 aromatic rings. The third-order valence-corrected chi connectivity index (χ3v) is 5.14. The van der Waals surface area contributed by atoms with Gasteiger partial charge < -0.3 is 10.2 Å². The highest BCUT2D eigenvalue weighted by Gasteiger charge is 2.25. The molecule has 2 rings (SSSR count). The van der Waals surface area contributed by atoms with E-state index < -0.39 is 0 Å². The highest BCUT2D eigenvalue weighted by atomic mass is 79.9. The Hall–Kier alpha value is -0.540. The molecule has 1 saturated heterocycles. The van der Waals surface area contributed by atoms with E-state index in [1.165, 1.54) is 41.5 Å². The molecule has 0 spiro atoms. The van der Waals surface area contributed by atoms with Crippen LogP contribution in [0.4, 0.5) is 5.69 Å². The summed E-state index contributed by atoms with van der Waals surface area (Å²) in [5, 5.41) is 3.55. The van der Waals surface area contributed by atoms with Gasteiger partial charge >= 0.3 is 0 Å². The lowest BCUT2D eigenvalue weighted by molar-refractivity contribution is 0.325. The summed E-state index contributed by atoms with van der Waals surface area (Å²) in [5.74, 6) is 0. The van der Waals surface area contributed by atoms with Crippen LogP contribution in [0.3, 0.4) is 0 Å². The van der Waals surface area contributed by atoms with Crippen molar-refractivity contribution in [3.63, 3.8) is 0 Å². The zero-order chi connectivity index (χ0) is 15.5. The van der Waals surface area contributed by atoms with Crippen LogP contribution < -0.4 is 10.2 Å². The molecule has 3 heteroatoms. The molecule has 118 valence electrons. The maximum absolute atomic E-state index is 3.65. The summed E-state index contributed by atoms with van der Waals surface area (Å²) in [6.45, 7) is 12.6. The molecule has 1 atom stereocenters. The predicted molar refractivity (Wildman–Crippen MR) is 96.1 cm³/mol. The average molecular weight is 353 g/mol. The van der Waals surface area contributed by atoms with Crippen molar-refractivity contribution in [3.8, 4) is 0 Å². The molecule has 21 heavy (non-hydrogen) atoms. The highest BCUT2D eigenvalue weighted by molar-refractivity contribution is 9.10. The Labute approximate surface area is 138 Å². The Morgan fingerprint density at radius 3 is 2.76 bits per heavy atom. The van der Waals surface area contributed by atoms with Crippen LogP contribution >= 0.6 is 15.9 Å². The van der Waals surface area contributed by atoms with Crippen molar-refractivity contribution in [2.45, 2.75) is 53.0 Å². The second-order valence-corrected chi connectivity index (χ2v) is 7.90. The van der Waals surface area contributed by atoms with Crippen molar-refractivity contribution in [1.29, 1.82) is 0 Å². The molecular weight excluding hydrogens is 324 g/mol. The van der Waals surface area contributed by atoms with Gasteiger partial charge in [-0.3, -0.25) is 0 Å². The van der Waals surface area contributed by atoms with E-state index >= 15 is 0 Å². The Morgan fingerprint density at radius 2 is 2.05 bits per heavy atom. The highest BCUT2D eigenvalue weighted by Crippen LogP contribution is 2.35. The summed E-state index contributed by atoms with van der Waals surface area (Å²) in [6, 6.07) is 7.12. The van der Waals surface area contributed by atoms with Crippen LogP contribution in [-0.2, 0) is 0 Å². The number of nitrogens with zero attached hydrogens (tertiary/aromatic N) is 1. The minimum absolute atomic E-state index is 0.398. The molecule has 0 aliphatic carbocycles. The topological polar surface area (TPSA) is 15.3 Å². The fourth-order valence-corrected chi connectivity index (χ4v) is 3.59. The first-order valence-corrected chi connectivity index (χ1v) is 9.00. The van der Waals surface area contributed by atoms with Crippen molar-refractivity contribution >= 4 is 21.6 Å². The van der Waals surface area contributed by atoms with Gasteiger partial charge in [-0.2, -0.15) is 0 Å². The van der Waals surface area contributed by atoms with E-state index in [-0.39, 0.29) is 0 Å². The second-order valence-electron chi connectivity index (χ2n) is 6.99. The zero-order valence-corrected chi connectivity index (χ0v) is 15.5. The molecule has 1 aliphatic heterocycles. The van der Waals surface area contributed by atoms with Crippen LogP contribution in [0.5, 0.6) is 0 Å². The first-order chi connectivity index (χ1) is 9.93. The summed E-state index contributed by atoms with van der Waals surface area (Å²) in [6.07, 6.45) is 3.89. The van der Waals surface area contributed by atoms with Crippen LogP contribution in [0.25, 0.3) is 0 Å². The van der Waals surface area contributed by atoms with Crippen molar-refractivity contribution in [2.24, 2.45) is 5.41 Å². The molecule has 1 aromatic carbocycles. The summed E-state index contributed by atoms with van der Waals surface area (Å²) < 4.78 is 1.17. The van der Waals surface area contributed by atoms with Crippen molar-refractivity contribution in [2.75, 3.05) is 24.5 Å². The number of halogens is 1. The molecular formula is C18H29BrN2. The zero-order valence-electron chi connectivity index (χ0n) is 13.9. The van der Waals surface area contributed by atoms with Gasteiger partial charge in [-0.15, -0.1) is 0 Å². The summed E-state index contributed by atoms with van der Waals surface area (Å²) in [7, 11) is 0. The summed E-state index contributed by atoms with van der Waals surface area (Å²) >= 11 is 3.65. The van der Waals surface area contributed by atoms with E-state index in [1.807, 2.05) is 0 Å². The molecule has 1 unspecified atom stereocenters. The molecule has 0 saturated carbocycles. The normalized spacial score (nSPS) is 20.1. The molecule has 0 aromatic heterocycles. The molecule has 1 fully saturated rings. The van der Waals surface area contributed by atoms with Gasteiger partial charge in [-0.05, 0) is 55.8 Å². The Balaban J connectivity index is 2.26. The lowest BCUT2D eigenvalue weighted by Gasteiger charge is -2.29. The fourth-order valence-electron chi connectivity index (χ4n) is 3.24. The van der Waals surface area contributed by atoms with Gasteiger partial charge in [0.2, 0.25) is 0 Å². The SMILES string of the molecule is CCNC(C)c1ccc(Br)cc1N1CCCC(C)(C)CC1. The number of benzene rings is 1. The molecule has 1 N–H and O–H groups in total. The van der Waals surface area contributed by atoms with Crippen molar-refractivity contribution in [3.05, 3.63) is 28.2 Å². The van der Waals surface area contributed by atoms with E-state index in [2.05, 4.69) is 72.0 Å². The molecule has 0 bridgehead atoms. The van der Waals surface area contributed by atoms with Gasteiger partial charge in [0.15, 0.2) is 0 Å². The van der Waals surface area contributed by atoms with Gasteiger partial charge in [0.1, 0.15) is 0 Å². The van der Waals surface area contributed by atoms with Crippen LogP contribution in [0.15, 0.2) is 22.7 Å². The fraction of sp³-hybridized carbons (Fsp3) is 0.667. The van der Waals surface area contributed by atoms with Crippen LogP contribution in [-0.4, -0.2) is 19.6 Å². The van der Waals surface area contributed by atoms with Crippen molar-refractivity contribution < 1.29 is 0 Å². The summed E-state index contributed by atoms with van der Waals surface area (Å²) in [5.41, 5.74) is 3.30. The monoisotopic (exact) mass is 352 g/mol. The van der Waals surface area contributed by atoms with E-state index in [4.69, 9.17) is 0 Å². The largest absolute Gasteiger partial charge is 0.371 e. The van der Waals surface area contributed by atoms with Crippen molar-refractivity contribution in [1.82, 2.24) is 5.32 Å². The summed E-state index contributed by atoms with van der Waals surface area (Å²) in [4.78, 5) is 2.59.